The van der Waals surface area contributed by atoms with Gasteiger partial charge in [0.05, 0.1) is 5.75 Å². The number of thioether (sulfide) groups is 1. The van der Waals surface area contributed by atoms with Crippen LogP contribution in [-0.4, -0.2) is 73.7 Å². The number of guanidine groups is 1. The van der Waals surface area contributed by atoms with Crippen molar-refractivity contribution < 1.29 is 8.42 Å². The van der Waals surface area contributed by atoms with Crippen LogP contribution in [0.2, 0.25) is 0 Å². The molecule has 2 rings (SSSR count). The van der Waals surface area contributed by atoms with Gasteiger partial charge in [0.25, 0.3) is 0 Å². The number of hydrogen-bond donors (Lipinski definition) is 2. The van der Waals surface area contributed by atoms with Crippen molar-refractivity contribution >= 4 is 27.7 Å². The number of nitrogens with one attached hydrogen (secondary N) is 2. The number of rotatable bonds is 7. The SMILES string of the molecule is CN=C(NCCn1cccc1)NCCS(=O)(=O)N1CCSCC1. The zero-order valence-electron chi connectivity index (χ0n) is 13.4. The molecular formula is C14H25N5O2S2. The lowest BCUT2D eigenvalue weighted by molar-refractivity contribution is 0.443. The minimum absolute atomic E-state index is 0.0932. The molecule has 1 aromatic rings. The monoisotopic (exact) mass is 359 g/mol. The maximum Gasteiger partial charge on any atom is 0.215 e. The fourth-order valence-electron chi connectivity index (χ4n) is 2.30. The van der Waals surface area contributed by atoms with Crippen LogP contribution in [0.4, 0.5) is 0 Å². The Morgan fingerprint density at radius 2 is 1.83 bits per heavy atom. The van der Waals surface area contributed by atoms with Crippen LogP contribution in [0.3, 0.4) is 0 Å². The Bertz CT molecular complexity index is 580. The maximum absolute atomic E-state index is 12.2. The summed E-state index contributed by atoms with van der Waals surface area (Å²) in [5, 5.41) is 6.24. The summed E-state index contributed by atoms with van der Waals surface area (Å²) in [6.07, 6.45) is 4.00. The third-order valence-corrected chi connectivity index (χ3v) is 6.38. The molecule has 7 nitrogen and oxygen atoms in total. The van der Waals surface area contributed by atoms with E-state index in [9.17, 15) is 8.42 Å². The average molecular weight is 360 g/mol. The Hall–Kier alpha value is -1.19. The molecule has 0 aromatic carbocycles. The van der Waals surface area contributed by atoms with Crippen LogP contribution in [0.15, 0.2) is 29.5 Å². The summed E-state index contributed by atoms with van der Waals surface area (Å²) < 4.78 is 28.1. The molecule has 2 N–H and O–H groups in total. The molecule has 0 unspecified atom stereocenters. The highest BCUT2D eigenvalue weighted by Gasteiger charge is 2.23. The largest absolute Gasteiger partial charge is 0.355 e. The number of sulfonamides is 1. The quantitative estimate of drug-likeness (QED) is 0.531. The molecule has 2 heterocycles. The van der Waals surface area contributed by atoms with E-state index in [2.05, 4.69) is 20.2 Å². The molecule has 1 aliphatic heterocycles. The molecule has 1 aromatic heterocycles. The van der Waals surface area contributed by atoms with Gasteiger partial charge in [-0.3, -0.25) is 4.99 Å². The molecule has 0 saturated carbocycles. The number of aromatic nitrogens is 1. The topological polar surface area (TPSA) is 78.7 Å². The fraction of sp³-hybridized carbons (Fsp3) is 0.643. The van der Waals surface area contributed by atoms with Crippen LogP contribution < -0.4 is 10.6 Å². The highest BCUT2D eigenvalue weighted by Crippen LogP contribution is 2.12. The lowest BCUT2D eigenvalue weighted by Crippen LogP contribution is -2.44. The van der Waals surface area contributed by atoms with Crippen molar-refractivity contribution in [3.05, 3.63) is 24.5 Å². The minimum Gasteiger partial charge on any atom is -0.355 e. The van der Waals surface area contributed by atoms with Gasteiger partial charge in [-0.25, -0.2) is 12.7 Å². The number of nitrogens with zero attached hydrogens (tertiary/aromatic N) is 3. The summed E-state index contributed by atoms with van der Waals surface area (Å²) in [6, 6.07) is 3.97. The van der Waals surface area contributed by atoms with Crippen LogP contribution in [0.25, 0.3) is 0 Å². The van der Waals surface area contributed by atoms with Crippen LogP contribution in [0, 0.1) is 0 Å². The van der Waals surface area contributed by atoms with Crippen molar-refractivity contribution in [1.29, 1.82) is 0 Å². The normalized spacial score (nSPS) is 17.2. The third-order valence-electron chi connectivity index (χ3n) is 3.57. The molecule has 0 spiro atoms. The van der Waals surface area contributed by atoms with E-state index < -0.39 is 10.0 Å². The first-order valence-electron chi connectivity index (χ1n) is 7.72. The third kappa shape index (κ3) is 6.08. The van der Waals surface area contributed by atoms with E-state index in [0.717, 1.165) is 24.6 Å². The van der Waals surface area contributed by atoms with E-state index >= 15 is 0 Å². The summed E-state index contributed by atoms with van der Waals surface area (Å²) in [4.78, 5) is 4.11. The second-order valence-corrected chi connectivity index (χ2v) is 8.49. The minimum atomic E-state index is -3.17. The lowest BCUT2D eigenvalue weighted by atomic mass is 10.6. The maximum atomic E-state index is 12.2. The molecule has 23 heavy (non-hydrogen) atoms. The van der Waals surface area contributed by atoms with Gasteiger partial charge in [-0.05, 0) is 12.1 Å². The molecular weight excluding hydrogens is 334 g/mol. The van der Waals surface area contributed by atoms with Gasteiger partial charge in [-0.15, -0.1) is 0 Å². The second kappa shape index (κ2) is 9.19. The highest BCUT2D eigenvalue weighted by atomic mass is 32.2. The van der Waals surface area contributed by atoms with Gasteiger partial charge in [0, 0.05) is 63.7 Å². The van der Waals surface area contributed by atoms with Gasteiger partial charge in [-0.1, -0.05) is 0 Å². The molecule has 1 saturated heterocycles. The van der Waals surface area contributed by atoms with Gasteiger partial charge in [0.2, 0.25) is 10.0 Å². The van der Waals surface area contributed by atoms with Gasteiger partial charge < -0.3 is 15.2 Å². The van der Waals surface area contributed by atoms with Crippen molar-refractivity contribution in [2.24, 2.45) is 4.99 Å². The van der Waals surface area contributed by atoms with Gasteiger partial charge in [0.15, 0.2) is 5.96 Å². The molecule has 1 aliphatic rings. The molecule has 130 valence electrons. The molecule has 0 radical (unpaired) electrons. The number of hydrogen-bond acceptors (Lipinski definition) is 4. The Morgan fingerprint density at radius 1 is 1.17 bits per heavy atom. The van der Waals surface area contributed by atoms with Gasteiger partial charge >= 0.3 is 0 Å². The summed E-state index contributed by atoms with van der Waals surface area (Å²) in [5.74, 6) is 2.49. The van der Waals surface area contributed by atoms with Crippen LogP contribution in [0.5, 0.6) is 0 Å². The predicted molar refractivity (Wildman–Crippen MR) is 96.5 cm³/mol. The highest BCUT2D eigenvalue weighted by molar-refractivity contribution is 7.99. The Morgan fingerprint density at radius 3 is 2.48 bits per heavy atom. The van der Waals surface area contributed by atoms with Crippen molar-refractivity contribution in [3.63, 3.8) is 0 Å². The van der Waals surface area contributed by atoms with E-state index in [0.29, 0.717) is 25.6 Å². The molecule has 0 bridgehead atoms. The summed E-state index contributed by atoms with van der Waals surface area (Å²) in [5.41, 5.74) is 0. The average Bonchev–Trinajstić information content (AvgIpc) is 3.07. The Labute approximate surface area is 142 Å². The molecule has 9 heteroatoms. The van der Waals surface area contributed by atoms with Crippen molar-refractivity contribution in [2.75, 3.05) is 50.5 Å². The summed E-state index contributed by atoms with van der Waals surface area (Å²) in [6.45, 7) is 3.16. The molecule has 0 amide bonds. The molecule has 0 atom stereocenters. The first-order chi connectivity index (χ1) is 11.1. The van der Waals surface area contributed by atoms with Gasteiger partial charge in [0.1, 0.15) is 0 Å². The zero-order chi connectivity index (χ0) is 16.5. The summed E-state index contributed by atoms with van der Waals surface area (Å²) in [7, 11) is -1.49. The van der Waals surface area contributed by atoms with Crippen LogP contribution in [0.1, 0.15) is 0 Å². The molecule has 1 fully saturated rings. The van der Waals surface area contributed by atoms with Crippen molar-refractivity contribution in [3.8, 4) is 0 Å². The van der Waals surface area contributed by atoms with E-state index in [-0.39, 0.29) is 5.75 Å². The van der Waals surface area contributed by atoms with Crippen molar-refractivity contribution in [2.45, 2.75) is 6.54 Å². The lowest BCUT2D eigenvalue weighted by Gasteiger charge is -2.25. The number of aliphatic imine (C=N–C) groups is 1. The second-order valence-electron chi connectivity index (χ2n) is 5.17. The van der Waals surface area contributed by atoms with E-state index in [4.69, 9.17) is 0 Å². The predicted octanol–water partition coefficient (Wildman–Crippen LogP) is 0.0317. The van der Waals surface area contributed by atoms with E-state index in [1.165, 1.54) is 0 Å². The standard InChI is InChI=1S/C14H25N5O2S2/c1-15-14(16-4-8-18-6-2-3-7-18)17-5-13-23(20,21)19-9-11-22-12-10-19/h2-3,6-7H,4-5,8-13H2,1H3,(H2,15,16,17). The van der Waals surface area contributed by atoms with Crippen molar-refractivity contribution in [1.82, 2.24) is 19.5 Å². The first kappa shape index (κ1) is 18.2. The summed E-state index contributed by atoms with van der Waals surface area (Å²) >= 11 is 1.80. The Kier molecular flexibility index (Phi) is 7.25. The van der Waals surface area contributed by atoms with Gasteiger partial charge in [-0.2, -0.15) is 11.8 Å². The molecule has 0 aliphatic carbocycles. The smallest absolute Gasteiger partial charge is 0.215 e. The van der Waals surface area contributed by atoms with E-state index in [1.54, 1.807) is 23.1 Å². The zero-order valence-corrected chi connectivity index (χ0v) is 15.1. The fourth-order valence-corrected chi connectivity index (χ4v) is 4.79. The van der Waals surface area contributed by atoms with E-state index in [1.807, 2.05) is 24.5 Å². The van der Waals surface area contributed by atoms with Crippen LogP contribution in [-0.2, 0) is 16.6 Å². The van der Waals surface area contributed by atoms with Crippen LogP contribution >= 0.6 is 11.8 Å². The Balaban J connectivity index is 1.68. The first-order valence-corrected chi connectivity index (χ1v) is 10.5.